The quantitative estimate of drug-likeness (QED) is 0.814. The fourth-order valence-corrected chi connectivity index (χ4v) is 3.64. The van der Waals surface area contributed by atoms with Crippen LogP contribution in [-0.2, 0) is 16.0 Å². The molecule has 1 unspecified atom stereocenters. The van der Waals surface area contributed by atoms with Gasteiger partial charge in [-0.15, -0.1) is 5.10 Å². The molecule has 1 aromatic carbocycles. The number of benzene rings is 1. The molecular formula is C17H22N4O2S. The molecule has 1 atom stereocenters. The van der Waals surface area contributed by atoms with Crippen molar-refractivity contribution in [1.82, 2.24) is 20.1 Å². The minimum atomic E-state index is -0.338. The standard InChI is InChI=1S/C17H22N4O2S/c1-2-6-14-18-17(20-19-14)24-15(13-7-4-3-5-8-13)16(22)21-9-11-23-12-10-21/h3-5,7-8,15H,2,6,9-12H2,1H3,(H,18,19,20). The van der Waals surface area contributed by atoms with Crippen LogP contribution in [0.4, 0.5) is 0 Å². The molecule has 1 amide bonds. The van der Waals surface area contributed by atoms with Gasteiger partial charge in [0.25, 0.3) is 0 Å². The van der Waals surface area contributed by atoms with Gasteiger partial charge >= 0.3 is 0 Å². The summed E-state index contributed by atoms with van der Waals surface area (Å²) >= 11 is 1.40. The molecule has 1 saturated heterocycles. The average molecular weight is 346 g/mol. The highest BCUT2D eigenvalue weighted by Crippen LogP contribution is 2.35. The first-order chi connectivity index (χ1) is 11.8. The first-order valence-electron chi connectivity index (χ1n) is 8.27. The summed E-state index contributed by atoms with van der Waals surface area (Å²) in [7, 11) is 0. The van der Waals surface area contributed by atoms with Crippen molar-refractivity contribution >= 4 is 17.7 Å². The minimum absolute atomic E-state index is 0.0938. The maximum atomic E-state index is 13.0. The van der Waals surface area contributed by atoms with E-state index in [-0.39, 0.29) is 11.2 Å². The molecule has 1 aliphatic heterocycles. The number of hydrogen-bond donors (Lipinski definition) is 1. The third-order valence-corrected chi connectivity index (χ3v) is 4.97. The van der Waals surface area contributed by atoms with Gasteiger partial charge in [0.1, 0.15) is 11.1 Å². The lowest BCUT2D eigenvalue weighted by Crippen LogP contribution is -2.42. The summed E-state index contributed by atoms with van der Waals surface area (Å²) < 4.78 is 5.35. The zero-order valence-corrected chi connectivity index (χ0v) is 14.6. The summed E-state index contributed by atoms with van der Waals surface area (Å²) in [5, 5.41) is 7.50. The fraction of sp³-hybridized carbons (Fsp3) is 0.471. The van der Waals surface area contributed by atoms with E-state index < -0.39 is 0 Å². The number of hydrogen-bond acceptors (Lipinski definition) is 5. The van der Waals surface area contributed by atoms with Gasteiger partial charge in [0.15, 0.2) is 0 Å². The topological polar surface area (TPSA) is 71.1 Å². The molecule has 0 aliphatic carbocycles. The second-order valence-electron chi connectivity index (χ2n) is 5.66. The van der Waals surface area contributed by atoms with Gasteiger partial charge in [0.2, 0.25) is 11.1 Å². The summed E-state index contributed by atoms with van der Waals surface area (Å²) in [4.78, 5) is 19.4. The molecule has 0 spiro atoms. The van der Waals surface area contributed by atoms with Gasteiger partial charge in [-0.2, -0.15) is 0 Å². The zero-order chi connectivity index (χ0) is 16.8. The lowest BCUT2D eigenvalue weighted by atomic mass is 10.1. The summed E-state index contributed by atoms with van der Waals surface area (Å²) in [5.74, 6) is 0.960. The molecule has 0 radical (unpaired) electrons. The SMILES string of the molecule is CCCc1nc(SC(C(=O)N2CCOCC2)c2ccccc2)n[nH]1. The number of carbonyl (C=O) groups is 1. The monoisotopic (exact) mass is 346 g/mol. The van der Waals surface area contributed by atoms with E-state index >= 15 is 0 Å². The van der Waals surface area contributed by atoms with E-state index in [4.69, 9.17) is 4.74 Å². The van der Waals surface area contributed by atoms with Crippen molar-refractivity contribution in [3.8, 4) is 0 Å². The van der Waals surface area contributed by atoms with Crippen LogP contribution in [0.3, 0.4) is 0 Å². The molecule has 7 heteroatoms. The van der Waals surface area contributed by atoms with Gasteiger partial charge in [0.05, 0.1) is 13.2 Å². The Balaban J connectivity index is 1.80. The second-order valence-corrected chi connectivity index (χ2v) is 6.73. The summed E-state index contributed by atoms with van der Waals surface area (Å²) in [6.07, 6.45) is 1.87. The number of rotatable bonds is 6. The van der Waals surface area contributed by atoms with E-state index in [1.807, 2.05) is 35.2 Å². The largest absolute Gasteiger partial charge is 0.378 e. The molecule has 6 nitrogen and oxygen atoms in total. The Kier molecular flexibility index (Phi) is 5.87. The molecular weight excluding hydrogens is 324 g/mol. The van der Waals surface area contributed by atoms with Gasteiger partial charge < -0.3 is 9.64 Å². The fourth-order valence-electron chi connectivity index (χ4n) is 2.62. The van der Waals surface area contributed by atoms with Crippen molar-refractivity contribution in [2.75, 3.05) is 26.3 Å². The molecule has 1 N–H and O–H groups in total. The number of aryl methyl sites for hydroxylation is 1. The van der Waals surface area contributed by atoms with E-state index in [0.717, 1.165) is 24.2 Å². The van der Waals surface area contributed by atoms with Crippen molar-refractivity contribution in [3.63, 3.8) is 0 Å². The average Bonchev–Trinajstić information content (AvgIpc) is 3.08. The van der Waals surface area contributed by atoms with E-state index in [0.29, 0.717) is 31.5 Å². The first kappa shape index (κ1) is 17.0. The Labute approximate surface area is 146 Å². The molecule has 1 aliphatic rings. The van der Waals surface area contributed by atoms with Crippen LogP contribution < -0.4 is 0 Å². The molecule has 24 heavy (non-hydrogen) atoms. The predicted molar refractivity (Wildman–Crippen MR) is 92.8 cm³/mol. The van der Waals surface area contributed by atoms with Crippen LogP contribution in [0.2, 0.25) is 0 Å². The van der Waals surface area contributed by atoms with Crippen LogP contribution in [0, 0.1) is 0 Å². The van der Waals surface area contributed by atoms with Crippen molar-refractivity contribution in [3.05, 3.63) is 41.7 Å². The van der Waals surface area contributed by atoms with E-state index in [2.05, 4.69) is 22.1 Å². The number of aromatic amines is 1. The number of thioether (sulfide) groups is 1. The van der Waals surface area contributed by atoms with E-state index in [9.17, 15) is 4.79 Å². The molecule has 2 heterocycles. The first-order valence-corrected chi connectivity index (χ1v) is 9.15. The second kappa shape index (κ2) is 8.30. The lowest BCUT2D eigenvalue weighted by molar-refractivity contribution is -0.134. The Hall–Kier alpha value is -1.86. The molecule has 3 rings (SSSR count). The maximum absolute atomic E-state index is 13.0. The molecule has 2 aromatic rings. The van der Waals surface area contributed by atoms with E-state index in [1.54, 1.807) is 0 Å². The summed E-state index contributed by atoms with van der Waals surface area (Å²) in [6.45, 7) is 4.57. The van der Waals surface area contributed by atoms with Gasteiger partial charge in [-0.3, -0.25) is 9.89 Å². The van der Waals surface area contributed by atoms with Crippen LogP contribution in [0.25, 0.3) is 0 Å². The van der Waals surface area contributed by atoms with Crippen LogP contribution in [0.15, 0.2) is 35.5 Å². The van der Waals surface area contributed by atoms with Crippen LogP contribution in [0.5, 0.6) is 0 Å². The highest BCUT2D eigenvalue weighted by Gasteiger charge is 2.29. The number of H-pyrrole nitrogens is 1. The van der Waals surface area contributed by atoms with Crippen LogP contribution in [-0.4, -0.2) is 52.3 Å². The molecule has 0 bridgehead atoms. The predicted octanol–water partition coefficient (Wildman–Crippen LogP) is 2.45. The normalized spacial score (nSPS) is 16.1. The number of nitrogens with zero attached hydrogens (tertiary/aromatic N) is 3. The third kappa shape index (κ3) is 4.15. The van der Waals surface area contributed by atoms with Crippen molar-refractivity contribution in [2.24, 2.45) is 0 Å². The van der Waals surface area contributed by atoms with Gasteiger partial charge in [-0.1, -0.05) is 49.0 Å². The zero-order valence-electron chi connectivity index (χ0n) is 13.8. The minimum Gasteiger partial charge on any atom is -0.378 e. The van der Waals surface area contributed by atoms with E-state index in [1.165, 1.54) is 11.8 Å². The summed E-state index contributed by atoms with van der Waals surface area (Å²) in [6, 6.07) is 9.83. The summed E-state index contributed by atoms with van der Waals surface area (Å²) in [5.41, 5.74) is 0.973. The van der Waals surface area contributed by atoms with Crippen molar-refractivity contribution < 1.29 is 9.53 Å². The van der Waals surface area contributed by atoms with Crippen LogP contribution in [0.1, 0.15) is 30.0 Å². The third-order valence-electron chi connectivity index (χ3n) is 3.87. The Bertz CT molecular complexity index is 656. The number of carbonyl (C=O) groups excluding carboxylic acids is 1. The number of ether oxygens (including phenoxy) is 1. The smallest absolute Gasteiger partial charge is 0.240 e. The van der Waals surface area contributed by atoms with Crippen molar-refractivity contribution in [1.29, 1.82) is 0 Å². The van der Waals surface area contributed by atoms with Gasteiger partial charge in [-0.25, -0.2) is 4.98 Å². The van der Waals surface area contributed by atoms with Gasteiger partial charge in [-0.05, 0) is 12.0 Å². The van der Waals surface area contributed by atoms with Crippen molar-refractivity contribution in [2.45, 2.75) is 30.2 Å². The maximum Gasteiger partial charge on any atom is 0.240 e. The Morgan fingerprint density at radius 1 is 1.33 bits per heavy atom. The number of aromatic nitrogens is 3. The Morgan fingerprint density at radius 2 is 2.08 bits per heavy atom. The lowest BCUT2D eigenvalue weighted by Gasteiger charge is -2.30. The number of amides is 1. The molecule has 0 saturated carbocycles. The molecule has 128 valence electrons. The highest BCUT2D eigenvalue weighted by atomic mass is 32.2. The molecule has 1 fully saturated rings. The Morgan fingerprint density at radius 3 is 2.79 bits per heavy atom. The van der Waals surface area contributed by atoms with Gasteiger partial charge in [0, 0.05) is 19.5 Å². The number of nitrogens with one attached hydrogen (secondary N) is 1. The van der Waals surface area contributed by atoms with Crippen LogP contribution >= 0.6 is 11.8 Å². The number of morpholine rings is 1. The molecule has 1 aromatic heterocycles. The highest BCUT2D eigenvalue weighted by molar-refractivity contribution is 8.00.